The molecule has 0 saturated carbocycles. The third-order valence-electron chi connectivity index (χ3n) is 2.53. The summed E-state index contributed by atoms with van der Waals surface area (Å²) in [4.78, 5) is 11.6. The van der Waals surface area contributed by atoms with Crippen LogP contribution in [0.4, 0.5) is 18.9 Å². The minimum absolute atomic E-state index is 0.199. The van der Waals surface area contributed by atoms with Crippen molar-refractivity contribution in [3.63, 3.8) is 0 Å². The van der Waals surface area contributed by atoms with E-state index in [1.54, 1.807) is 24.3 Å². The van der Waals surface area contributed by atoms with Gasteiger partial charge in [-0.05, 0) is 19.1 Å². The normalized spacial score (nSPS) is 12.8. The molecule has 0 spiro atoms. The van der Waals surface area contributed by atoms with Gasteiger partial charge in [0.1, 0.15) is 5.75 Å². The Kier molecular flexibility index (Phi) is 5.82. The molecule has 1 aromatic rings. The number of carbonyl (C=O) groups is 1. The van der Waals surface area contributed by atoms with Gasteiger partial charge in [-0.1, -0.05) is 12.1 Å². The Bertz CT molecular complexity index is 449. The number of hydrogen-bond acceptors (Lipinski definition) is 3. The molecule has 0 saturated heterocycles. The van der Waals surface area contributed by atoms with Crippen LogP contribution >= 0.6 is 0 Å². The quantitative estimate of drug-likeness (QED) is 0.846. The van der Waals surface area contributed by atoms with E-state index < -0.39 is 24.5 Å². The Balaban J connectivity index is 2.44. The number of halogens is 3. The van der Waals surface area contributed by atoms with Gasteiger partial charge in [0.25, 0.3) is 0 Å². The molecule has 1 atom stereocenters. The second-order valence-electron chi connectivity index (χ2n) is 4.35. The number of ether oxygens (including phenoxy) is 1. The summed E-state index contributed by atoms with van der Waals surface area (Å²) < 4.78 is 41.4. The molecule has 7 heteroatoms. The zero-order valence-electron chi connectivity index (χ0n) is 11.3. The predicted molar refractivity (Wildman–Crippen MR) is 69.8 cm³/mol. The molecule has 0 heterocycles. The van der Waals surface area contributed by atoms with Crippen LogP contribution in [0.3, 0.4) is 0 Å². The molecular weight excluding hydrogens is 273 g/mol. The van der Waals surface area contributed by atoms with E-state index in [0.29, 0.717) is 11.4 Å². The second-order valence-corrected chi connectivity index (χ2v) is 4.35. The Hall–Kier alpha value is -1.76. The fourth-order valence-electron chi connectivity index (χ4n) is 1.63. The highest BCUT2D eigenvalue weighted by Gasteiger charge is 2.29. The number of anilines is 1. The zero-order valence-corrected chi connectivity index (χ0v) is 11.3. The van der Waals surface area contributed by atoms with Gasteiger partial charge in [0.15, 0.2) is 0 Å². The molecule has 112 valence electrons. The van der Waals surface area contributed by atoms with Crippen molar-refractivity contribution in [2.24, 2.45) is 0 Å². The molecular formula is C13H17F3N2O2. The number of carbonyl (C=O) groups excluding carboxylic acids is 1. The molecule has 0 aliphatic rings. The molecule has 20 heavy (non-hydrogen) atoms. The van der Waals surface area contributed by atoms with E-state index in [1.165, 1.54) is 14.0 Å². The van der Waals surface area contributed by atoms with Crippen LogP contribution in [0.25, 0.3) is 0 Å². The molecule has 1 unspecified atom stereocenters. The molecule has 0 aliphatic carbocycles. The van der Waals surface area contributed by atoms with Crippen LogP contribution in [0.1, 0.15) is 13.3 Å². The number of amides is 1. The Morgan fingerprint density at radius 3 is 2.60 bits per heavy atom. The van der Waals surface area contributed by atoms with E-state index >= 15 is 0 Å². The molecule has 0 radical (unpaired) electrons. The van der Waals surface area contributed by atoms with Crippen molar-refractivity contribution in [1.29, 1.82) is 0 Å². The number of benzene rings is 1. The van der Waals surface area contributed by atoms with Crippen LogP contribution in [0, 0.1) is 0 Å². The number of hydrogen-bond donors (Lipinski definition) is 2. The highest BCUT2D eigenvalue weighted by Crippen LogP contribution is 2.23. The number of alkyl halides is 3. The first kappa shape index (κ1) is 16.3. The molecule has 0 aromatic heterocycles. The summed E-state index contributed by atoms with van der Waals surface area (Å²) in [7, 11) is 1.47. The number of methoxy groups -OCH3 is 1. The van der Waals surface area contributed by atoms with E-state index in [4.69, 9.17) is 4.74 Å². The van der Waals surface area contributed by atoms with Crippen LogP contribution in [-0.4, -0.2) is 31.8 Å². The standard InChI is InChI=1S/C13H17F3N2O2/c1-9(7-13(14,15)16)17-8-12(19)18-10-5-3-4-6-11(10)20-2/h3-6,9,17H,7-8H2,1-2H3,(H,18,19). The lowest BCUT2D eigenvalue weighted by atomic mass is 10.2. The largest absolute Gasteiger partial charge is 0.495 e. The predicted octanol–water partition coefficient (Wildman–Crippen LogP) is 2.56. The van der Waals surface area contributed by atoms with Crippen molar-refractivity contribution < 1.29 is 22.7 Å². The Morgan fingerprint density at radius 2 is 2.00 bits per heavy atom. The molecule has 4 nitrogen and oxygen atoms in total. The zero-order chi connectivity index (χ0) is 15.2. The highest BCUT2D eigenvalue weighted by atomic mass is 19.4. The van der Waals surface area contributed by atoms with Gasteiger partial charge in [0.05, 0.1) is 25.8 Å². The topological polar surface area (TPSA) is 50.4 Å². The molecule has 0 bridgehead atoms. The maximum absolute atomic E-state index is 12.1. The van der Waals surface area contributed by atoms with Crippen LogP contribution in [0.5, 0.6) is 5.75 Å². The van der Waals surface area contributed by atoms with E-state index in [0.717, 1.165) is 0 Å². The minimum Gasteiger partial charge on any atom is -0.495 e. The van der Waals surface area contributed by atoms with Gasteiger partial charge in [0, 0.05) is 6.04 Å². The summed E-state index contributed by atoms with van der Waals surface area (Å²) in [5.74, 6) is 0.0627. The van der Waals surface area contributed by atoms with Crippen molar-refractivity contribution in [2.45, 2.75) is 25.6 Å². The van der Waals surface area contributed by atoms with Gasteiger partial charge < -0.3 is 15.4 Å². The van der Waals surface area contributed by atoms with E-state index in [2.05, 4.69) is 10.6 Å². The fraction of sp³-hybridized carbons (Fsp3) is 0.462. The van der Waals surface area contributed by atoms with Crippen molar-refractivity contribution >= 4 is 11.6 Å². The number of para-hydroxylation sites is 2. The van der Waals surface area contributed by atoms with Crippen LogP contribution in [0.15, 0.2) is 24.3 Å². The summed E-state index contributed by atoms with van der Waals surface area (Å²) in [6, 6.07) is 5.97. The van der Waals surface area contributed by atoms with Crippen molar-refractivity contribution in [1.82, 2.24) is 5.32 Å². The van der Waals surface area contributed by atoms with Crippen LogP contribution in [0.2, 0.25) is 0 Å². The number of nitrogens with one attached hydrogen (secondary N) is 2. The lowest BCUT2D eigenvalue weighted by molar-refractivity contribution is -0.139. The van der Waals surface area contributed by atoms with Gasteiger partial charge >= 0.3 is 6.18 Å². The lowest BCUT2D eigenvalue weighted by Crippen LogP contribution is -2.37. The van der Waals surface area contributed by atoms with Gasteiger partial charge in [0.2, 0.25) is 5.91 Å². The van der Waals surface area contributed by atoms with Crippen LogP contribution in [-0.2, 0) is 4.79 Å². The minimum atomic E-state index is -4.24. The molecule has 1 amide bonds. The van der Waals surface area contributed by atoms with Crippen molar-refractivity contribution in [3.8, 4) is 5.75 Å². The van der Waals surface area contributed by atoms with Gasteiger partial charge in [-0.15, -0.1) is 0 Å². The Morgan fingerprint density at radius 1 is 1.35 bits per heavy atom. The van der Waals surface area contributed by atoms with Gasteiger partial charge in [-0.25, -0.2) is 0 Å². The molecule has 1 rings (SSSR count). The Labute approximate surface area is 115 Å². The number of rotatable bonds is 6. The first-order valence-electron chi connectivity index (χ1n) is 6.05. The summed E-state index contributed by atoms with van der Waals surface area (Å²) in [5, 5.41) is 5.10. The second kappa shape index (κ2) is 7.14. The van der Waals surface area contributed by atoms with Gasteiger partial charge in [-0.2, -0.15) is 13.2 Å². The fourth-order valence-corrected chi connectivity index (χ4v) is 1.63. The first-order chi connectivity index (χ1) is 9.31. The molecule has 0 fully saturated rings. The maximum atomic E-state index is 12.1. The average molecular weight is 290 g/mol. The third-order valence-corrected chi connectivity index (χ3v) is 2.53. The summed E-state index contributed by atoms with van der Waals surface area (Å²) in [6.45, 7) is 1.18. The summed E-state index contributed by atoms with van der Waals surface area (Å²) in [5.41, 5.74) is 0.477. The van der Waals surface area contributed by atoms with E-state index in [-0.39, 0.29) is 6.54 Å². The molecule has 0 aliphatic heterocycles. The van der Waals surface area contributed by atoms with E-state index in [1.807, 2.05) is 0 Å². The van der Waals surface area contributed by atoms with Gasteiger partial charge in [-0.3, -0.25) is 4.79 Å². The summed E-state index contributed by atoms with van der Waals surface area (Å²) >= 11 is 0. The first-order valence-corrected chi connectivity index (χ1v) is 6.05. The van der Waals surface area contributed by atoms with Crippen molar-refractivity contribution in [2.75, 3.05) is 19.0 Å². The van der Waals surface area contributed by atoms with E-state index in [9.17, 15) is 18.0 Å². The smallest absolute Gasteiger partial charge is 0.390 e. The SMILES string of the molecule is COc1ccccc1NC(=O)CNC(C)CC(F)(F)F. The monoisotopic (exact) mass is 290 g/mol. The average Bonchev–Trinajstić information content (AvgIpc) is 2.35. The summed E-state index contributed by atoms with van der Waals surface area (Å²) in [6.07, 6.45) is -5.22. The maximum Gasteiger partial charge on any atom is 0.390 e. The highest BCUT2D eigenvalue weighted by molar-refractivity contribution is 5.93. The molecule has 1 aromatic carbocycles. The van der Waals surface area contributed by atoms with Crippen molar-refractivity contribution in [3.05, 3.63) is 24.3 Å². The molecule has 2 N–H and O–H groups in total. The third kappa shape index (κ3) is 5.92. The van der Waals surface area contributed by atoms with Crippen LogP contribution < -0.4 is 15.4 Å². The lowest BCUT2D eigenvalue weighted by Gasteiger charge is -2.16.